The molecule has 0 aliphatic carbocycles. The normalized spacial score (nSPS) is 14.0. The summed E-state index contributed by atoms with van der Waals surface area (Å²) in [6.07, 6.45) is 0.344. The second kappa shape index (κ2) is 7.29. The van der Waals surface area contributed by atoms with Crippen LogP contribution in [0.4, 0.5) is 4.79 Å². The highest BCUT2D eigenvalue weighted by Gasteiger charge is 2.24. The van der Waals surface area contributed by atoms with Gasteiger partial charge in [-0.25, -0.2) is 9.59 Å². The molecule has 0 saturated heterocycles. The molecular weight excluding hydrogens is 282 g/mol. The largest absolute Gasteiger partial charge is 0.478 e. The van der Waals surface area contributed by atoms with Gasteiger partial charge in [0.15, 0.2) is 0 Å². The molecule has 0 radical (unpaired) electrons. The molecule has 0 heterocycles. The van der Waals surface area contributed by atoms with Gasteiger partial charge < -0.3 is 15.2 Å². The Hall–Kier alpha value is -2.04. The van der Waals surface area contributed by atoms with Gasteiger partial charge in [0.05, 0.1) is 11.6 Å². The summed E-state index contributed by atoms with van der Waals surface area (Å²) in [5, 5.41) is 12.0. The number of alkyl carbamates (subject to hydrolysis) is 1. The van der Waals surface area contributed by atoms with E-state index in [4.69, 9.17) is 9.84 Å². The number of nitrogens with one attached hydrogen (secondary N) is 1. The predicted octanol–water partition coefficient (Wildman–Crippen LogP) is 4.00. The van der Waals surface area contributed by atoms with Gasteiger partial charge in [-0.05, 0) is 44.4 Å². The van der Waals surface area contributed by atoms with Crippen molar-refractivity contribution < 1.29 is 19.4 Å². The van der Waals surface area contributed by atoms with Crippen molar-refractivity contribution in [1.82, 2.24) is 5.32 Å². The third kappa shape index (κ3) is 5.39. The van der Waals surface area contributed by atoms with Crippen LogP contribution in [-0.4, -0.2) is 22.8 Å². The molecule has 0 aromatic heterocycles. The standard InChI is InChI=1S/C17H25NO4/c1-6-11(2)14(18-16(21)22-17(3,4)5)12-8-7-9-13(10-12)15(19)20/h7-11,14H,6H2,1-5H3,(H,18,21)(H,19,20). The molecule has 2 N–H and O–H groups in total. The molecule has 1 amide bonds. The Morgan fingerprint density at radius 1 is 1.32 bits per heavy atom. The Morgan fingerprint density at radius 3 is 2.45 bits per heavy atom. The molecule has 0 fully saturated rings. The van der Waals surface area contributed by atoms with Crippen LogP contribution in [0.2, 0.25) is 0 Å². The lowest BCUT2D eigenvalue weighted by atomic mass is 9.91. The van der Waals surface area contributed by atoms with Crippen molar-refractivity contribution in [2.24, 2.45) is 5.92 Å². The van der Waals surface area contributed by atoms with E-state index in [1.165, 1.54) is 6.07 Å². The molecule has 5 nitrogen and oxygen atoms in total. The molecule has 0 aliphatic rings. The highest BCUT2D eigenvalue weighted by atomic mass is 16.6. The molecule has 122 valence electrons. The predicted molar refractivity (Wildman–Crippen MR) is 85.0 cm³/mol. The number of hydrogen-bond donors (Lipinski definition) is 2. The molecule has 1 rings (SSSR count). The second-order valence-corrected chi connectivity index (χ2v) is 6.44. The van der Waals surface area contributed by atoms with Gasteiger partial charge in [0, 0.05) is 0 Å². The second-order valence-electron chi connectivity index (χ2n) is 6.44. The minimum atomic E-state index is -0.984. The molecule has 5 heteroatoms. The van der Waals surface area contributed by atoms with E-state index < -0.39 is 17.7 Å². The maximum absolute atomic E-state index is 12.0. The van der Waals surface area contributed by atoms with Crippen molar-refractivity contribution >= 4 is 12.1 Å². The number of benzene rings is 1. The lowest BCUT2D eigenvalue weighted by Crippen LogP contribution is -2.37. The minimum Gasteiger partial charge on any atom is -0.478 e. The van der Waals surface area contributed by atoms with Gasteiger partial charge in [-0.2, -0.15) is 0 Å². The minimum absolute atomic E-state index is 0.150. The molecule has 2 atom stereocenters. The summed E-state index contributed by atoms with van der Waals surface area (Å²) in [4.78, 5) is 23.1. The quantitative estimate of drug-likeness (QED) is 0.862. The number of rotatable bonds is 5. The molecule has 1 aromatic carbocycles. The van der Waals surface area contributed by atoms with Crippen LogP contribution in [0.3, 0.4) is 0 Å². The van der Waals surface area contributed by atoms with E-state index in [-0.39, 0.29) is 17.5 Å². The molecule has 0 aliphatic heterocycles. The van der Waals surface area contributed by atoms with Crippen LogP contribution in [0.25, 0.3) is 0 Å². The molecule has 0 bridgehead atoms. The Kier molecular flexibility index (Phi) is 5.97. The number of amides is 1. The number of aromatic carboxylic acids is 1. The maximum Gasteiger partial charge on any atom is 0.408 e. The number of ether oxygens (including phenoxy) is 1. The summed E-state index contributed by atoms with van der Waals surface area (Å²) in [5.41, 5.74) is 0.393. The van der Waals surface area contributed by atoms with E-state index >= 15 is 0 Å². The van der Waals surface area contributed by atoms with Crippen LogP contribution in [-0.2, 0) is 4.74 Å². The fourth-order valence-corrected chi connectivity index (χ4v) is 2.09. The first-order chi connectivity index (χ1) is 10.1. The van der Waals surface area contributed by atoms with Gasteiger partial charge >= 0.3 is 12.1 Å². The molecule has 22 heavy (non-hydrogen) atoms. The van der Waals surface area contributed by atoms with Crippen molar-refractivity contribution in [3.05, 3.63) is 35.4 Å². The summed E-state index contributed by atoms with van der Waals surface area (Å²) < 4.78 is 5.30. The van der Waals surface area contributed by atoms with Gasteiger partial charge in [0.25, 0.3) is 0 Å². The first-order valence-corrected chi connectivity index (χ1v) is 7.46. The Balaban J connectivity index is 3.01. The summed E-state index contributed by atoms with van der Waals surface area (Å²) in [6, 6.07) is 6.34. The monoisotopic (exact) mass is 307 g/mol. The number of carboxylic acids is 1. The third-order valence-electron chi connectivity index (χ3n) is 3.38. The van der Waals surface area contributed by atoms with E-state index in [9.17, 15) is 9.59 Å². The zero-order valence-electron chi connectivity index (χ0n) is 13.8. The van der Waals surface area contributed by atoms with Crippen molar-refractivity contribution in [3.8, 4) is 0 Å². The summed E-state index contributed by atoms with van der Waals surface area (Å²) in [5.74, 6) is -0.835. The van der Waals surface area contributed by atoms with Crippen molar-refractivity contribution in [3.63, 3.8) is 0 Å². The van der Waals surface area contributed by atoms with E-state index in [0.717, 1.165) is 12.0 Å². The highest BCUT2D eigenvalue weighted by Crippen LogP contribution is 2.25. The maximum atomic E-state index is 12.0. The van der Waals surface area contributed by atoms with Crippen molar-refractivity contribution in [2.75, 3.05) is 0 Å². The highest BCUT2D eigenvalue weighted by molar-refractivity contribution is 5.87. The molecule has 0 saturated carbocycles. The first kappa shape index (κ1) is 18.0. The van der Waals surface area contributed by atoms with Crippen LogP contribution in [0.5, 0.6) is 0 Å². The van der Waals surface area contributed by atoms with Crippen LogP contribution >= 0.6 is 0 Å². The number of carboxylic acid groups (broad SMARTS) is 1. The van der Waals surface area contributed by atoms with Gasteiger partial charge in [0.2, 0.25) is 0 Å². The SMILES string of the molecule is CCC(C)C(NC(=O)OC(C)(C)C)c1cccc(C(=O)O)c1. The summed E-state index contributed by atoms with van der Waals surface area (Å²) >= 11 is 0. The molecule has 0 spiro atoms. The van der Waals surface area contributed by atoms with Gasteiger partial charge in [-0.3, -0.25) is 0 Å². The molecule has 2 unspecified atom stereocenters. The van der Waals surface area contributed by atoms with E-state index in [1.54, 1.807) is 32.9 Å². The fraction of sp³-hybridized carbons (Fsp3) is 0.529. The van der Waals surface area contributed by atoms with Crippen LogP contribution < -0.4 is 5.32 Å². The van der Waals surface area contributed by atoms with Crippen molar-refractivity contribution in [2.45, 2.75) is 52.7 Å². The average molecular weight is 307 g/mol. The average Bonchev–Trinajstić information content (AvgIpc) is 2.42. The van der Waals surface area contributed by atoms with E-state index in [1.807, 2.05) is 19.9 Å². The third-order valence-corrected chi connectivity index (χ3v) is 3.38. The zero-order chi connectivity index (χ0) is 16.9. The first-order valence-electron chi connectivity index (χ1n) is 7.46. The smallest absolute Gasteiger partial charge is 0.408 e. The van der Waals surface area contributed by atoms with Gasteiger partial charge in [-0.15, -0.1) is 0 Å². The Morgan fingerprint density at radius 2 is 1.95 bits per heavy atom. The van der Waals surface area contributed by atoms with E-state index in [2.05, 4.69) is 5.32 Å². The van der Waals surface area contributed by atoms with E-state index in [0.29, 0.717) is 0 Å². The molecular formula is C17H25NO4. The summed E-state index contributed by atoms with van der Waals surface area (Å²) in [6.45, 7) is 9.44. The van der Waals surface area contributed by atoms with Crippen LogP contribution in [0, 0.1) is 5.92 Å². The lowest BCUT2D eigenvalue weighted by molar-refractivity contribution is 0.0486. The Labute approximate surface area is 131 Å². The number of carbonyl (C=O) groups excluding carboxylic acids is 1. The number of hydrogen-bond acceptors (Lipinski definition) is 3. The van der Waals surface area contributed by atoms with Crippen LogP contribution in [0.15, 0.2) is 24.3 Å². The van der Waals surface area contributed by atoms with Crippen LogP contribution in [0.1, 0.15) is 63.0 Å². The van der Waals surface area contributed by atoms with Crippen molar-refractivity contribution in [1.29, 1.82) is 0 Å². The lowest BCUT2D eigenvalue weighted by Gasteiger charge is -2.27. The fourth-order valence-electron chi connectivity index (χ4n) is 2.09. The Bertz CT molecular complexity index is 534. The van der Waals surface area contributed by atoms with Gasteiger partial charge in [-0.1, -0.05) is 32.4 Å². The zero-order valence-corrected chi connectivity index (χ0v) is 13.8. The number of carbonyl (C=O) groups is 2. The summed E-state index contributed by atoms with van der Waals surface area (Å²) in [7, 11) is 0. The molecule has 1 aromatic rings. The van der Waals surface area contributed by atoms with Gasteiger partial charge in [0.1, 0.15) is 5.60 Å². The topological polar surface area (TPSA) is 75.6 Å².